The van der Waals surface area contributed by atoms with Crippen LogP contribution in [0.1, 0.15) is 189 Å². The van der Waals surface area contributed by atoms with Gasteiger partial charge in [0.15, 0.2) is 0 Å². The van der Waals surface area contributed by atoms with Gasteiger partial charge in [0.2, 0.25) is 23.6 Å². The molecule has 4 amide bonds. The Balaban J connectivity index is -0.00000797. The molecule has 0 radical (unpaired) electrons. The van der Waals surface area contributed by atoms with E-state index in [1.807, 2.05) is 6.92 Å². The topological polar surface area (TPSA) is 342 Å². The van der Waals surface area contributed by atoms with Crippen molar-refractivity contribution in [3.8, 4) is 0 Å². The van der Waals surface area contributed by atoms with Gasteiger partial charge in [-0.1, -0.05) is 104 Å². The molecule has 0 fully saturated rings. The minimum absolute atomic E-state index is 0. The van der Waals surface area contributed by atoms with E-state index in [0.717, 1.165) is 38.5 Å². The van der Waals surface area contributed by atoms with Crippen LogP contribution in [0.3, 0.4) is 0 Å². The van der Waals surface area contributed by atoms with Gasteiger partial charge in [-0.25, -0.2) is 4.79 Å². The Kier molecular flexibility index (Phi) is 56.4. The molecule has 0 rings (SSSR count). The number of Topliss-reactive ketones (excluding diaryl/α,β-unsaturated/α-hetero) is 4. The minimum atomic E-state index is -1.16. The van der Waals surface area contributed by atoms with Crippen LogP contribution in [0.2, 0.25) is 0 Å². The molecule has 0 heterocycles. The minimum Gasteiger partial charge on any atom is -0.481 e. The molecule has 0 spiro atoms. The van der Waals surface area contributed by atoms with Crippen molar-refractivity contribution in [2.75, 3.05) is 90.6 Å². The maximum absolute atomic E-state index is 12.5. The summed E-state index contributed by atoms with van der Waals surface area (Å²) in [7, 11) is 0. The zero-order valence-corrected chi connectivity index (χ0v) is 49.0. The van der Waals surface area contributed by atoms with Crippen LogP contribution in [-0.2, 0) is 66.9 Å². The van der Waals surface area contributed by atoms with E-state index in [2.05, 4.69) is 21.3 Å². The molecule has 0 aromatic heterocycles. The number of hydrogen-bond acceptors (Lipinski definition) is 17. The molecule has 9 N–H and O–H groups in total. The van der Waals surface area contributed by atoms with Gasteiger partial charge in [-0.3, -0.25) is 43.2 Å². The number of hydrogen-bond donors (Lipinski definition) is 8. The van der Waals surface area contributed by atoms with Crippen LogP contribution >= 0.6 is 11.8 Å². The fourth-order valence-corrected chi connectivity index (χ4v) is 8.54. The number of rotatable bonds is 55. The zero-order chi connectivity index (χ0) is 59.3. The second-order valence-electron chi connectivity index (χ2n) is 19.7. The van der Waals surface area contributed by atoms with E-state index in [0.29, 0.717) is 31.6 Å². The maximum Gasteiger partial charge on any atom is 0.326 e. The highest BCUT2D eigenvalue weighted by Gasteiger charge is 2.24. The molecule has 0 aliphatic heterocycles. The third-order valence-electron chi connectivity index (χ3n) is 12.6. The number of carbonyl (C=O) groups is 10. The Bertz CT molecular complexity index is 1690. The largest absolute Gasteiger partial charge is 0.481 e. The first kappa shape index (κ1) is 79.8. The van der Waals surface area contributed by atoms with Crippen molar-refractivity contribution in [3.63, 3.8) is 0 Å². The molecule has 0 saturated carbocycles. The molecule has 0 bridgehead atoms. The molecule has 0 aromatic rings. The fourth-order valence-electron chi connectivity index (χ4n) is 7.43. The number of carbonyl (C=O) groups excluding carboxylic acids is 8. The highest BCUT2D eigenvalue weighted by atomic mass is 32.2. The van der Waals surface area contributed by atoms with Gasteiger partial charge in [-0.05, 0) is 52.9 Å². The van der Waals surface area contributed by atoms with Crippen molar-refractivity contribution in [2.45, 2.75) is 201 Å². The van der Waals surface area contributed by atoms with E-state index < -0.39 is 23.9 Å². The van der Waals surface area contributed by atoms with Crippen molar-refractivity contribution >= 4 is 70.5 Å². The van der Waals surface area contributed by atoms with Crippen LogP contribution in [0, 0.1) is 11.8 Å². The number of aliphatic carboxylic acids is 2. The second kappa shape index (κ2) is 56.5. The molecular weight excluding hydrogens is 1060 g/mol. The predicted octanol–water partition coefficient (Wildman–Crippen LogP) is 5.68. The quantitative estimate of drug-likeness (QED) is 0.0339. The van der Waals surface area contributed by atoms with Gasteiger partial charge in [0, 0.05) is 75.9 Å². The number of aliphatic hydroxyl groups excluding tert-OH is 1. The fraction of sp³-hybridized carbons (Fsp3) is 0.825. The average Bonchev–Trinajstić information content (AvgIpc) is 3.40. The molecule has 4 atom stereocenters. The van der Waals surface area contributed by atoms with Crippen molar-refractivity contribution in [2.24, 2.45) is 17.6 Å². The normalized spacial score (nSPS) is 12.3. The number of nitrogens with two attached hydrogens (primary N) is 1. The summed E-state index contributed by atoms with van der Waals surface area (Å²) in [6.45, 7) is 7.55. The third-order valence-corrected chi connectivity index (χ3v) is 13.7. The summed E-state index contributed by atoms with van der Waals surface area (Å²) in [4.78, 5) is 117. The highest BCUT2D eigenvalue weighted by molar-refractivity contribution is 7.99. The first-order chi connectivity index (χ1) is 37.8. The Morgan fingerprint density at radius 3 is 1.43 bits per heavy atom. The van der Waals surface area contributed by atoms with Crippen LogP contribution in [0.25, 0.3) is 0 Å². The summed E-state index contributed by atoms with van der Waals surface area (Å²) in [6.07, 6.45) is 19.6. The second-order valence-corrected chi connectivity index (χ2v) is 20.8. The summed E-state index contributed by atoms with van der Waals surface area (Å²) in [5.41, 5.74) is 5.09. The first-order valence-corrected chi connectivity index (χ1v) is 29.8. The molecular formula is C57H105N5O17S. The molecule has 80 heavy (non-hydrogen) atoms. The Labute approximate surface area is 481 Å². The van der Waals surface area contributed by atoms with Crippen molar-refractivity contribution in [3.05, 3.63) is 0 Å². The summed E-state index contributed by atoms with van der Waals surface area (Å²) in [6, 6.07) is -1.40. The van der Waals surface area contributed by atoms with Crippen LogP contribution in [-0.4, -0.2) is 177 Å². The van der Waals surface area contributed by atoms with E-state index >= 15 is 0 Å². The average molecular weight is 1160 g/mol. The van der Waals surface area contributed by atoms with Crippen LogP contribution in [0.5, 0.6) is 0 Å². The number of ketones is 4. The summed E-state index contributed by atoms with van der Waals surface area (Å²) in [5, 5.41) is 38.1. The van der Waals surface area contributed by atoms with Crippen molar-refractivity contribution in [1.29, 1.82) is 0 Å². The number of ether oxygens (including phenoxy) is 4. The Morgan fingerprint density at radius 2 is 0.975 bits per heavy atom. The highest BCUT2D eigenvalue weighted by Crippen LogP contribution is 2.19. The van der Waals surface area contributed by atoms with Gasteiger partial charge in [0.25, 0.3) is 0 Å². The van der Waals surface area contributed by atoms with Crippen LogP contribution in [0.4, 0.5) is 0 Å². The lowest BCUT2D eigenvalue weighted by Crippen LogP contribution is -2.41. The SMILES string of the molecule is C.CC(=O)[C@H](C)N.CC[C@@H](CSCC(=O)NCCNC(=O)COCCOCCNC(=O)COCCOCCCC(=O)CC[C@H](NC(=O)CCCCCCCCCCCCCCCCCCC(=O)O)C(=O)O)C(=O)C[C@@H](CO)C(C)=O. The molecule has 23 heteroatoms. The van der Waals surface area contributed by atoms with E-state index in [-0.39, 0.29) is 183 Å². The summed E-state index contributed by atoms with van der Waals surface area (Å²) >= 11 is 1.31. The lowest BCUT2D eigenvalue weighted by atomic mass is 9.92. The third kappa shape index (κ3) is 54.2. The van der Waals surface area contributed by atoms with Gasteiger partial charge in [0.1, 0.15) is 42.4 Å². The molecule has 0 unspecified atom stereocenters. The van der Waals surface area contributed by atoms with E-state index in [1.54, 1.807) is 6.92 Å². The standard InChI is InChI=1S/C52H92N4O16S.C4H9NO.CH4/c1-3-42(46(60)35-43(36-57)41(2)58)39-73-40-50(64)54-27-26-53-48(62)37-72-34-32-70-30-28-55-49(63)38-71-33-31-69-29-20-21-44(59)24-25-45(52(67)68)56-47(61)22-18-16-14-12-10-8-6-4-5-7-9-11-13-15-17-19-23-51(65)66;1-3(5)4(2)6;/h42-43,45,57H,3-40H2,1-2H3,(H,53,62)(H,54,64)(H,55,63)(H,56,61)(H,65,66)(H,67,68);3H,5H2,1-2H3;1H4/t42-,43-,45-;3-;/m00./s1. The summed E-state index contributed by atoms with van der Waals surface area (Å²) in [5.74, 6) is -3.96. The predicted molar refractivity (Wildman–Crippen MR) is 309 cm³/mol. The van der Waals surface area contributed by atoms with Crippen LogP contribution in [0.15, 0.2) is 0 Å². The summed E-state index contributed by atoms with van der Waals surface area (Å²) < 4.78 is 21.4. The van der Waals surface area contributed by atoms with E-state index in [4.69, 9.17) is 29.8 Å². The number of thioether (sulfide) groups is 1. The molecule has 0 aromatic carbocycles. The number of nitrogens with one attached hydrogen (secondary N) is 4. The van der Waals surface area contributed by atoms with Gasteiger partial charge < -0.3 is 61.3 Å². The lowest BCUT2D eigenvalue weighted by molar-refractivity contribution is -0.142. The molecule has 22 nitrogen and oxygen atoms in total. The zero-order valence-electron chi connectivity index (χ0n) is 48.2. The van der Waals surface area contributed by atoms with Gasteiger partial charge in [-0.15, -0.1) is 0 Å². The van der Waals surface area contributed by atoms with Gasteiger partial charge in [0.05, 0.1) is 51.4 Å². The van der Waals surface area contributed by atoms with Gasteiger partial charge >= 0.3 is 11.9 Å². The van der Waals surface area contributed by atoms with Gasteiger partial charge in [-0.2, -0.15) is 11.8 Å². The Hall–Kier alpha value is -4.39. The monoisotopic (exact) mass is 1160 g/mol. The number of carboxylic acids is 2. The number of carboxylic acid groups (broad SMARTS) is 2. The van der Waals surface area contributed by atoms with Crippen LogP contribution < -0.4 is 27.0 Å². The maximum atomic E-state index is 12.5. The van der Waals surface area contributed by atoms with E-state index in [9.17, 15) is 58.2 Å². The smallest absolute Gasteiger partial charge is 0.326 e. The van der Waals surface area contributed by atoms with E-state index in [1.165, 1.54) is 83.4 Å². The van der Waals surface area contributed by atoms with Crippen molar-refractivity contribution in [1.82, 2.24) is 21.3 Å². The molecule has 0 aliphatic rings. The number of aliphatic hydroxyl groups is 1. The number of amides is 4. The lowest BCUT2D eigenvalue weighted by Gasteiger charge is -2.16. The van der Waals surface area contributed by atoms with Crippen molar-refractivity contribution < 1.29 is 82.2 Å². The molecule has 0 saturated heterocycles. The molecule has 0 aliphatic carbocycles. The Morgan fingerprint density at radius 1 is 0.525 bits per heavy atom. The first-order valence-electron chi connectivity index (χ1n) is 28.7. The number of unbranched alkanes of at least 4 members (excludes halogenated alkanes) is 15. The molecule has 466 valence electrons.